The number of hydrogen-bond donors (Lipinski definition) is 1. The Morgan fingerprint density at radius 2 is 2.13 bits per heavy atom. The standard InChI is InChI=1S/C11H15NO3/c1-8(13)10-2-3-11(15-10)12-6-4-9(14)5-7-12/h2-3,9,14H,4-7H2,1H3. The minimum atomic E-state index is -0.191. The molecule has 2 heterocycles. The van der Waals surface area contributed by atoms with E-state index in [0.717, 1.165) is 31.8 Å². The van der Waals surface area contributed by atoms with Crippen molar-refractivity contribution in [2.45, 2.75) is 25.9 Å². The minimum absolute atomic E-state index is 0.0571. The fourth-order valence-electron chi connectivity index (χ4n) is 1.77. The van der Waals surface area contributed by atoms with Crippen LogP contribution in [0.2, 0.25) is 0 Å². The van der Waals surface area contributed by atoms with E-state index >= 15 is 0 Å². The van der Waals surface area contributed by atoms with Gasteiger partial charge in [-0.1, -0.05) is 0 Å². The number of carbonyl (C=O) groups is 1. The fraction of sp³-hybridized carbons (Fsp3) is 0.545. The van der Waals surface area contributed by atoms with E-state index in [2.05, 4.69) is 4.90 Å². The molecule has 82 valence electrons. The zero-order chi connectivity index (χ0) is 10.8. The molecule has 0 amide bonds. The Balaban J connectivity index is 2.06. The number of Topliss-reactive ketones (excluding diaryl/α,β-unsaturated/α-hetero) is 1. The van der Waals surface area contributed by atoms with E-state index < -0.39 is 0 Å². The van der Waals surface area contributed by atoms with Gasteiger partial charge in [-0.05, 0) is 18.9 Å². The maximum atomic E-state index is 11.0. The van der Waals surface area contributed by atoms with Gasteiger partial charge >= 0.3 is 0 Å². The lowest BCUT2D eigenvalue weighted by molar-refractivity contribution is 0.0986. The number of aliphatic hydroxyl groups excluding tert-OH is 1. The summed E-state index contributed by atoms with van der Waals surface area (Å²) in [4.78, 5) is 13.1. The van der Waals surface area contributed by atoms with Crippen molar-refractivity contribution in [3.63, 3.8) is 0 Å². The largest absolute Gasteiger partial charge is 0.437 e. The summed E-state index contributed by atoms with van der Waals surface area (Å²) in [6.07, 6.45) is 1.33. The van der Waals surface area contributed by atoms with Crippen LogP contribution in [0.5, 0.6) is 0 Å². The molecular formula is C11H15NO3. The van der Waals surface area contributed by atoms with E-state index in [1.807, 2.05) is 6.07 Å². The lowest BCUT2D eigenvalue weighted by Gasteiger charge is -2.29. The highest BCUT2D eigenvalue weighted by molar-refractivity contribution is 5.91. The Kier molecular flexibility index (Phi) is 2.77. The molecule has 0 aliphatic carbocycles. The molecule has 1 saturated heterocycles. The van der Waals surface area contributed by atoms with Crippen molar-refractivity contribution in [2.24, 2.45) is 0 Å². The highest BCUT2D eigenvalue weighted by Gasteiger charge is 2.19. The van der Waals surface area contributed by atoms with Crippen molar-refractivity contribution in [3.8, 4) is 0 Å². The molecule has 0 radical (unpaired) electrons. The maximum absolute atomic E-state index is 11.0. The van der Waals surface area contributed by atoms with E-state index in [9.17, 15) is 9.90 Å². The van der Waals surface area contributed by atoms with Crippen LogP contribution in [-0.2, 0) is 0 Å². The number of ketones is 1. The van der Waals surface area contributed by atoms with Crippen molar-refractivity contribution in [1.82, 2.24) is 0 Å². The normalized spacial score (nSPS) is 18.1. The Hall–Kier alpha value is -1.29. The van der Waals surface area contributed by atoms with Gasteiger partial charge in [-0.2, -0.15) is 0 Å². The second-order valence-corrected chi connectivity index (χ2v) is 3.91. The van der Waals surface area contributed by atoms with E-state index in [1.54, 1.807) is 6.07 Å². The van der Waals surface area contributed by atoms with Gasteiger partial charge in [0.2, 0.25) is 0 Å². The molecule has 1 aliphatic heterocycles. The molecule has 2 rings (SSSR count). The van der Waals surface area contributed by atoms with E-state index in [1.165, 1.54) is 6.92 Å². The highest BCUT2D eigenvalue weighted by Crippen LogP contribution is 2.22. The molecule has 1 N–H and O–H groups in total. The summed E-state index contributed by atoms with van der Waals surface area (Å²) >= 11 is 0. The molecular weight excluding hydrogens is 194 g/mol. The molecule has 1 aromatic rings. The van der Waals surface area contributed by atoms with Crippen LogP contribution in [0.3, 0.4) is 0 Å². The van der Waals surface area contributed by atoms with Gasteiger partial charge in [-0.3, -0.25) is 4.79 Å². The van der Waals surface area contributed by atoms with Gasteiger partial charge in [0.1, 0.15) is 0 Å². The predicted molar refractivity (Wildman–Crippen MR) is 56.2 cm³/mol. The summed E-state index contributed by atoms with van der Waals surface area (Å²) in [5, 5.41) is 9.36. The first-order valence-corrected chi connectivity index (χ1v) is 5.20. The number of hydrogen-bond acceptors (Lipinski definition) is 4. The summed E-state index contributed by atoms with van der Waals surface area (Å²) in [7, 11) is 0. The van der Waals surface area contributed by atoms with Crippen LogP contribution in [0.4, 0.5) is 5.88 Å². The molecule has 4 heteroatoms. The third kappa shape index (κ3) is 2.21. The minimum Gasteiger partial charge on any atom is -0.437 e. The first-order valence-electron chi connectivity index (χ1n) is 5.20. The number of nitrogens with zero attached hydrogens (tertiary/aromatic N) is 1. The quantitative estimate of drug-likeness (QED) is 0.749. The second-order valence-electron chi connectivity index (χ2n) is 3.91. The van der Waals surface area contributed by atoms with E-state index in [0.29, 0.717) is 5.76 Å². The average molecular weight is 209 g/mol. The van der Waals surface area contributed by atoms with E-state index in [-0.39, 0.29) is 11.9 Å². The summed E-state index contributed by atoms with van der Waals surface area (Å²) in [6, 6.07) is 3.51. The molecule has 1 aliphatic rings. The SMILES string of the molecule is CC(=O)c1ccc(N2CCC(O)CC2)o1. The van der Waals surface area contributed by atoms with Crippen LogP contribution in [-0.4, -0.2) is 30.1 Å². The van der Waals surface area contributed by atoms with Crippen molar-refractivity contribution in [2.75, 3.05) is 18.0 Å². The molecule has 0 spiro atoms. The summed E-state index contributed by atoms with van der Waals surface area (Å²) < 4.78 is 5.41. The smallest absolute Gasteiger partial charge is 0.196 e. The zero-order valence-electron chi connectivity index (χ0n) is 8.77. The maximum Gasteiger partial charge on any atom is 0.196 e. The van der Waals surface area contributed by atoms with Crippen LogP contribution in [0.25, 0.3) is 0 Å². The summed E-state index contributed by atoms with van der Waals surface area (Å²) in [5.41, 5.74) is 0. The van der Waals surface area contributed by atoms with Gasteiger partial charge in [-0.25, -0.2) is 0 Å². The van der Waals surface area contributed by atoms with Gasteiger partial charge in [0.15, 0.2) is 17.4 Å². The zero-order valence-corrected chi connectivity index (χ0v) is 8.77. The topological polar surface area (TPSA) is 53.7 Å². The van der Waals surface area contributed by atoms with E-state index in [4.69, 9.17) is 4.42 Å². The number of anilines is 1. The molecule has 0 aromatic carbocycles. The third-order valence-corrected chi connectivity index (χ3v) is 2.71. The lowest BCUT2D eigenvalue weighted by atomic mass is 10.1. The molecule has 15 heavy (non-hydrogen) atoms. The number of rotatable bonds is 2. The second kappa shape index (κ2) is 4.06. The molecule has 1 aromatic heterocycles. The van der Waals surface area contributed by atoms with Crippen molar-refractivity contribution in [3.05, 3.63) is 17.9 Å². The van der Waals surface area contributed by atoms with Crippen LogP contribution >= 0.6 is 0 Å². The van der Waals surface area contributed by atoms with Crippen LogP contribution in [0.15, 0.2) is 16.5 Å². The van der Waals surface area contributed by atoms with Crippen LogP contribution < -0.4 is 4.90 Å². The van der Waals surface area contributed by atoms with Gasteiger partial charge in [0.05, 0.1) is 6.10 Å². The van der Waals surface area contributed by atoms with Gasteiger partial charge in [0, 0.05) is 26.1 Å². The molecule has 4 nitrogen and oxygen atoms in total. The Morgan fingerprint density at radius 3 is 2.67 bits per heavy atom. The first kappa shape index (κ1) is 10.2. The van der Waals surface area contributed by atoms with Gasteiger partial charge < -0.3 is 14.4 Å². The lowest BCUT2D eigenvalue weighted by Crippen LogP contribution is -2.35. The molecule has 0 unspecified atom stereocenters. The predicted octanol–water partition coefficient (Wildman–Crippen LogP) is 1.44. The molecule has 0 bridgehead atoms. The average Bonchev–Trinajstić information content (AvgIpc) is 2.68. The van der Waals surface area contributed by atoms with Gasteiger partial charge in [-0.15, -0.1) is 0 Å². The number of furan rings is 1. The fourth-order valence-corrected chi connectivity index (χ4v) is 1.77. The summed E-state index contributed by atoms with van der Waals surface area (Å²) in [5.74, 6) is 1.07. The Labute approximate surface area is 88.5 Å². The third-order valence-electron chi connectivity index (χ3n) is 2.71. The van der Waals surface area contributed by atoms with Crippen molar-refractivity contribution < 1.29 is 14.3 Å². The Morgan fingerprint density at radius 1 is 1.47 bits per heavy atom. The monoisotopic (exact) mass is 209 g/mol. The van der Waals surface area contributed by atoms with Gasteiger partial charge in [0.25, 0.3) is 0 Å². The number of aliphatic hydroxyl groups is 1. The van der Waals surface area contributed by atoms with Crippen LogP contribution in [0, 0.1) is 0 Å². The number of carbonyl (C=O) groups excluding carboxylic acids is 1. The van der Waals surface area contributed by atoms with Crippen molar-refractivity contribution in [1.29, 1.82) is 0 Å². The highest BCUT2D eigenvalue weighted by atomic mass is 16.4. The molecule has 1 fully saturated rings. The Bertz CT molecular complexity index is 350. The summed E-state index contributed by atoms with van der Waals surface area (Å²) in [6.45, 7) is 3.06. The van der Waals surface area contributed by atoms with Crippen LogP contribution in [0.1, 0.15) is 30.3 Å². The first-order chi connectivity index (χ1) is 7.16. The van der Waals surface area contributed by atoms with Crippen molar-refractivity contribution >= 4 is 11.7 Å². The molecule has 0 saturated carbocycles. The molecule has 0 atom stereocenters. The number of piperidine rings is 1.